The highest BCUT2D eigenvalue weighted by molar-refractivity contribution is 6.06. The first-order chi connectivity index (χ1) is 12.9. The maximum atomic E-state index is 13.2. The number of pyridine rings is 1. The molecule has 4 rings (SSSR count). The molecular weight excluding hydrogens is 336 g/mol. The fourth-order valence-corrected chi connectivity index (χ4v) is 3.63. The molecule has 0 bridgehead atoms. The predicted octanol–water partition coefficient (Wildman–Crippen LogP) is 4.01. The van der Waals surface area contributed by atoms with Crippen molar-refractivity contribution in [1.82, 2.24) is 19.7 Å². The summed E-state index contributed by atoms with van der Waals surface area (Å²) >= 11 is 0. The van der Waals surface area contributed by atoms with Gasteiger partial charge in [0.1, 0.15) is 0 Å². The predicted molar refractivity (Wildman–Crippen MR) is 108 cm³/mol. The number of hydrogen-bond acceptors (Lipinski definition) is 3. The number of benzene rings is 2. The van der Waals surface area contributed by atoms with Crippen LogP contribution in [-0.4, -0.2) is 32.6 Å². The van der Waals surface area contributed by atoms with Crippen molar-refractivity contribution >= 4 is 27.7 Å². The highest BCUT2D eigenvalue weighted by atomic mass is 16.2. The van der Waals surface area contributed by atoms with Gasteiger partial charge in [-0.2, -0.15) is 5.10 Å². The summed E-state index contributed by atoms with van der Waals surface area (Å²) in [5.74, 6) is -0.0187. The Balaban J connectivity index is 1.68. The van der Waals surface area contributed by atoms with E-state index >= 15 is 0 Å². The summed E-state index contributed by atoms with van der Waals surface area (Å²) in [5.41, 5.74) is 4.14. The van der Waals surface area contributed by atoms with Crippen molar-refractivity contribution in [2.24, 2.45) is 7.05 Å². The van der Waals surface area contributed by atoms with Gasteiger partial charge in [-0.25, -0.2) is 4.98 Å². The van der Waals surface area contributed by atoms with Gasteiger partial charge in [-0.3, -0.25) is 9.48 Å². The number of carbonyl (C=O) groups is 1. The lowest BCUT2D eigenvalue weighted by Crippen LogP contribution is -2.26. The van der Waals surface area contributed by atoms with Crippen molar-refractivity contribution in [2.45, 2.75) is 20.4 Å². The molecule has 2 aromatic heterocycles. The van der Waals surface area contributed by atoms with Gasteiger partial charge in [0.15, 0.2) is 5.65 Å². The Bertz CT molecular complexity index is 1180. The van der Waals surface area contributed by atoms with E-state index in [2.05, 4.69) is 40.4 Å². The number of fused-ring (bicyclic) bond motifs is 2. The van der Waals surface area contributed by atoms with Gasteiger partial charge in [0.05, 0.1) is 16.6 Å². The van der Waals surface area contributed by atoms with E-state index in [0.29, 0.717) is 12.1 Å². The topological polar surface area (TPSA) is 51.0 Å². The van der Waals surface area contributed by atoms with Crippen LogP contribution in [0.25, 0.3) is 21.8 Å². The molecule has 4 aromatic rings. The number of amides is 1. The summed E-state index contributed by atoms with van der Waals surface area (Å²) in [6.07, 6.45) is 0. The molecule has 0 fully saturated rings. The molecule has 136 valence electrons. The van der Waals surface area contributed by atoms with Crippen molar-refractivity contribution in [1.29, 1.82) is 0 Å². The van der Waals surface area contributed by atoms with Crippen LogP contribution in [0.2, 0.25) is 0 Å². The van der Waals surface area contributed by atoms with Gasteiger partial charge in [0, 0.05) is 26.3 Å². The molecule has 5 heteroatoms. The van der Waals surface area contributed by atoms with Gasteiger partial charge in [0.25, 0.3) is 5.91 Å². The molecule has 0 aliphatic rings. The summed E-state index contributed by atoms with van der Waals surface area (Å²) in [4.78, 5) is 19.5. The summed E-state index contributed by atoms with van der Waals surface area (Å²) < 4.78 is 1.73. The highest BCUT2D eigenvalue weighted by Gasteiger charge is 2.20. The van der Waals surface area contributed by atoms with E-state index in [1.807, 2.05) is 46.1 Å². The lowest BCUT2D eigenvalue weighted by molar-refractivity contribution is 0.0787. The maximum absolute atomic E-state index is 13.2. The number of aryl methyl sites for hydroxylation is 3. The van der Waals surface area contributed by atoms with E-state index in [4.69, 9.17) is 0 Å². The first-order valence-corrected chi connectivity index (χ1v) is 8.98. The van der Waals surface area contributed by atoms with E-state index < -0.39 is 0 Å². The second kappa shape index (κ2) is 6.50. The fourth-order valence-electron chi connectivity index (χ4n) is 3.63. The zero-order chi connectivity index (χ0) is 19.1. The van der Waals surface area contributed by atoms with Crippen molar-refractivity contribution < 1.29 is 4.79 Å². The molecule has 27 heavy (non-hydrogen) atoms. The zero-order valence-electron chi connectivity index (χ0n) is 16.0. The fraction of sp³-hybridized carbons (Fsp3) is 0.227. The molecule has 0 saturated carbocycles. The summed E-state index contributed by atoms with van der Waals surface area (Å²) in [6.45, 7) is 4.37. The number of aromatic nitrogens is 3. The van der Waals surface area contributed by atoms with E-state index in [-0.39, 0.29) is 5.91 Å². The Kier molecular flexibility index (Phi) is 4.15. The third kappa shape index (κ3) is 3.05. The Hall–Kier alpha value is -3.21. The van der Waals surface area contributed by atoms with Crippen LogP contribution in [0.3, 0.4) is 0 Å². The number of hydrogen-bond donors (Lipinski definition) is 0. The van der Waals surface area contributed by atoms with Gasteiger partial charge in [-0.05, 0) is 42.3 Å². The second-order valence-electron chi connectivity index (χ2n) is 7.06. The second-order valence-corrected chi connectivity index (χ2v) is 7.06. The third-order valence-electron chi connectivity index (χ3n) is 4.91. The normalized spacial score (nSPS) is 11.3. The maximum Gasteiger partial charge on any atom is 0.254 e. The lowest BCUT2D eigenvalue weighted by Gasteiger charge is -2.18. The molecule has 2 aromatic carbocycles. The van der Waals surface area contributed by atoms with E-state index in [1.54, 1.807) is 9.58 Å². The van der Waals surface area contributed by atoms with Crippen LogP contribution in [0.15, 0.2) is 48.5 Å². The van der Waals surface area contributed by atoms with Gasteiger partial charge in [-0.1, -0.05) is 36.4 Å². The Labute approximate surface area is 158 Å². The Morgan fingerprint density at radius 1 is 1.07 bits per heavy atom. The minimum atomic E-state index is -0.0187. The standard InChI is InChI=1S/C22H22N4O/c1-14-11-19(20-15(2)24-26(4)21(20)23-14)22(27)25(3)13-16-9-10-17-7-5-6-8-18(17)12-16/h5-12H,13H2,1-4H3. The summed E-state index contributed by atoms with van der Waals surface area (Å²) in [5, 5.41) is 7.65. The van der Waals surface area contributed by atoms with Crippen molar-refractivity contribution in [3.05, 3.63) is 71.0 Å². The van der Waals surface area contributed by atoms with Gasteiger partial charge >= 0.3 is 0 Å². The number of carbonyl (C=O) groups excluding carboxylic acids is 1. The lowest BCUT2D eigenvalue weighted by atomic mass is 10.1. The van der Waals surface area contributed by atoms with Crippen LogP contribution >= 0.6 is 0 Å². The van der Waals surface area contributed by atoms with Crippen molar-refractivity contribution in [3.8, 4) is 0 Å². The van der Waals surface area contributed by atoms with Crippen LogP contribution in [0.1, 0.15) is 27.3 Å². The largest absolute Gasteiger partial charge is 0.337 e. The molecule has 1 amide bonds. The molecule has 2 heterocycles. The molecule has 0 N–H and O–H groups in total. The first kappa shape index (κ1) is 17.2. The quantitative estimate of drug-likeness (QED) is 0.556. The third-order valence-corrected chi connectivity index (χ3v) is 4.91. The van der Waals surface area contributed by atoms with Gasteiger partial charge in [0.2, 0.25) is 0 Å². The molecule has 0 saturated heterocycles. The van der Waals surface area contributed by atoms with Gasteiger partial charge < -0.3 is 4.90 Å². The molecule has 0 radical (unpaired) electrons. The molecule has 0 spiro atoms. The van der Waals surface area contributed by atoms with Crippen LogP contribution < -0.4 is 0 Å². The smallest absolute Gasteiger partial charge is 0.254 e. The van der Waals surface area contributed by atoms with Crippen LogP contribution in [0, 0.1) is 13.8 Å². The minimum absolute atomic E-state index is 0.0187. The molecule has 0 unspecified atom stereocenters. The van der Waals surface area contributed by atoms with Crippen LogP contribution in [-0.2, 0) is 13.6 Å². The average Bonchev–Trinajstić information content (AvgIpc) is 2.94. The molecular formula is C22H22N4O. The van der Waals surface area contributed by atoms with E-state index in [9.17, 15) is 4.79 Å². The van der Waals surface area contributed by atoms with E-state index in [1.165, 1.54) is 10.8 Å². The first-order valence-electron chi connectivity index (χ1n) is 8.98. The Morgan fingerprint density at radius 2 is 1.81 bits per heavy atom. The zero-order valence-corrected chi connectivity index (χ0v) is 16.0. The highest BCUT2D eigenvalue weighted by Crippen LogP contribution is 2.24. The molecule has 0 aliphatic heterocycles. The van der Waals surface area contributed by atoms with E-state index in [0.717, 1.165) is 28.0 Å². The Morgan fingerprint density at radius 3 is 2.59 bits per heavy atom. The monoisotopic (exact) mass is 358 g/mol. The summed E-state index contributed by atoms with van der Waals surface area (Å²) in [7, 11) is 3.69. The van der Waals surface area contributed by atoms with Crippen molar-refractivity contribution in [2.75, 3.05) is 7.05 Å². The molecule has 0 aliphatic carbocycles. The van der Waals surface area contributed by atoms with Crippen LogP contribution in [0.5, 0.6) is 0 Å². The summed E-state index contributed by atoms with van der Waals surface area (Å²) in [6, 6.07) is 16.4. The number of rotatable bonds is 3. The SMILES string of the molecule is Cc1cc(C(=O)N(C)Cc2ccc3ccccc3c2)c2c(C)nn(C)c2n1. The number of nitrogens with zero attached hydrogens (tertiary/aromatic N) is 4. The molecule has 0 atom stereocenters. The van der Waals surface area contributed by atoms with Crippen LogP contribution in [0.4, 0.5) is 0 Å². The minimum Gasteiger partial charge on any atom is -0.337 e. The average molecular weight is 358 g/mol. The van der Waals surface area contributed by atoms with Gasteiger partial charge in [-0.15, -0.1) is 0 Å². The van der Waals surface area contributed by atoms with Crippen molar-refractivity contribution in [3.63, 3.8) is 0 Å². The molecule has 5 nitrogen and oxygen atoms in total.